The van der Waals surface area contributed by atoms with Crippen LogP contribution in [0, 0.1) is 0 Å². The van der Waals surface area contributed by atoms with Crippen molar-refractivity contribution in [3.8, 4) is 5.75 Å². The lowest BCUT2D eigenvalue weighted by Crippen LogP contribution is -2.30. The van der Waals surface area contributed by atoms with E-state index in [1.165, 1.54) is 43.5 Å². The molecule has 0 spiro atoms. The Bertz CT molecular complexity index is 739. The first-order chi connectivity index (χ1) is 10.5. The number of aromatic hydroxyl groups is 1. The van der Waals surface area contributed by atoms with E-state index in [2.05, 4.69) is 10.1 Å². The molecular formula is C16H13NO5. The van der Waals surface area contributed by atoms with Gasteiger partial charge >= 0.3 is 5.97 Å². The van der Waals surface area contributed by atoms with Crippen LogP contribution in [0.25, 0.3) is 0 Å². The van der Waals surface area contributed by atoms with E-state index in [4.69, 9.17) is 0 Å². The Morgan fingerprint density at radius 1 is 0.955 bits per heavy atom. The van der Waals surface area contributed by atoms with E-state index >= 15 is 0 Å². The first-order valence-corrected chi connectivity index (χ1v) is 6.35. The van der Waals surface area contributed by atoms with Gasteiger partial charge in [0.05, 0.1) is 18.2 Å². The normalized spacial score (nSPS) is 9.86. The quantitative estimate of drug-likeness (QED) is 0.665. The zero-order chi connectivity index (χ0) is 16.1. The highest BCUT2D eigenvalue weighted by Gasteiger charge is 2.16. The SMILES string of the molecule is COC(=O)c1cccc(C(=O)NC(=O)c2ccccc2O)c1. The van der Waals surface area contributed by atoms with Crippen LogP contribution in [0.3, 0.4) is 0 Å². The van der Waals surface area contributed by atoms with E-state index in [9.17, 15) is 19.5 Å². The largest absolute Gasteiger partial charge is 0.507 e. The van der Waals surface area contributed by atoms with Crippen LogP contribution in [-0.4, -0.2) is 30.0 Å². The Kier molecular flexibility index (Phi) is 4.53. The van der Waals surface area contributed by atoms with Gasteiger partial charge in [0, 0.05) is 5.56 Å². The summed E-state index contributed by atoms with van der Waals surface area (Å²) in [5.41, 5.74) is 0.316. The van der Waals surface area contributed by atoms with Crippen LogP contribution in [-0.2, 0) is 4.74 Å². The lowest BCUT2D eigenvalue weighted by molar-refractivity contribution is 0.0600. The Morgan fingerprint density at radius 3 is 2.32 bits per heavy atom. The maximum atomic E-state index is 12.0. The summed E-state index contributed by atoms with van der Waals surface area (Å²) in [5.74, 6) is -2.22. The topological polar surface area (TPSA) is 92.7 Å². The molecular weight excluding hydrogens is 286 g/mol. The van der Waals surface area contributed by atoms with Crippen molar-refractivity contribution in [2.75, 3.05) is 7.11 Å². The number of carbonyl (C=O) groups is 3. The van der Waals surface area contributed by atoms with Crippen LogP contribution in [0.4, 0.5) is 0 Å². The summed E-state index contributed by atoms with van der Waals surface area (Å²) in [5, 5.41) is 11.7. The number of imide groups is 1. The molecule has 0 bridgehead atoms. The molecule has 0 unspecified atom stereocenters. The van der Waals surface area contributed by atoms with Crippen LogP contribution < -0.4 is 5.32 Å². The van der Waals surface area contributed by atoms with Gasteiger partial charge in [-0.3, -0.25) is 14.9 Å². The average Bonchev–Trinajstić information content (AvgIpc) is 2.54. The number of methoxy groups -OCH3 is 1. The number of phenolic OH excluding ortho intramolecular Hbond substituents is 1. The highest BCUT2D eigenvalue weighted by molar-refractivity contribution is 6.11. The minimum atomic E-state index is -0.730. The molecule has 0 aliphatic carbocycles. The minimum absolute atomic E-state index is 0.0139. The molecule has 0 heterocycles. The molecule has 0 saturated heterocycles. The summed E-state index contributed by atoms with van der Waals surface area (Å²) in [6, 6.07) is 11.6. The number of rotatable bonds is 3. The third kappa shape index (κ3) is 3.29. The molecule has 112 valence electrons. The third-order valence-electron chi connectivity index (χ3n) is 2.92. The molecule has 6 heteroatoms. The molecule has 0 radical (unpaired) electrons. The van der Waals surface area contributed by atoms with Crippen molar-refractivity contribution in [3.05, 3.63) is 65.2 Å². The highest BCUT2D eigenvalue weighted by atomic mass is 16.5. The van der Waals surface area contributed by atoms with Crippen LogP contribution in [0.15, 0.2) is 48.5 Å². The second-order valence-corrected chi connectivity index (χ2v) is 4.37. The number of hydrogen-bond donors (Lipinski definition) is 2. The van der Waals surface area contributed by atoms with Gasteiger partial charge in [-0.05, 0) is 30.3 Å². The highest BCUT2D eigenvalue weighted by Crippen LogP contribution is 2.15. The lowest BCUT2D eigenvalue weighted by Gasteiger charge is -2.06. The van der Waals surface area contributed by atoms with Crippen molar-refractivity contribution >= 4 is 17.8 Å². The van der Waals surface area contributed by atoms with Crippen LogP contribution in [0.1, 0.15) is 31.1 Å². The zero-order valence-electron chi connectivity index (χ0n) is 11.7. The molecule has 0 saturated carbocycles. The van der Waals surface area contributed by atoms with Crippen molar-refractivity contribution in [3.63, 3.8) is 0 Å². The number of esters is 1. The maximum absolute atomic E-state index is 12.0. The number of carbonyl (C=O) groups excluding carboxylic acids is 3. The van der Waals surface area contributed by atoms with Gasteiger partial charge in [-0.1, -0.05) is 18.2 Å². The number of ether oxygens (including phenoxy) is 1. The number of amides is 2. The number of phenols is 1. The van der Waals surface area contributed by atoms with Crippen LogP contribution in [0.5, 0.6) is 5.75 Å². The number of nitrogens with one attached hydrogen (secondary N) is 1. The van der Waals surface area contributed by atoms with Gasteiger partial charge in [-0.2, -0.15) is 0 Å². The van der Waals surface area contributed by atoms with E-state index in [0.29, 0.717) is 0 Å². The van der Waals surface area contributed by atoms with Crippen LogP contribution >= 0.6 is 0 Å². The maximum Gasteiger partial charge on any atom is 0.337 e. The van der Waals surface area contributed by atoms with Gasteiger partial charge in [-0.15, -0.1) is 0 Å². The van der Waals surface area contributed by atoms with Gasteiger partial charge in [0.15, 0.2) is 0 Å². The fourth-order valence-electron chi connectivity index (χ4n) is 1.81. The van der Waals surface area contributed by atoms with E-state index < -0.39 is 17.8 Å². The zero-order valence-corrected chi connectivity index (χ0v) is 11.7. The molecule has 0 aliphatic heterocycles. The molecule has 0 fully saturated rings. The predicted molar refractivity (Wildman–Crippen MR) is 77.7 cm³/mol. The molecule has 0 aliphatic rings. The Balaban J connectivity index is 2.18. The second kappa shape index (κ2) is 6.53. The van der Waals surface area contributed by atoms with Crippen molar-refractivity contribution in [2.45, 2.75) is 0 Å². The van der Waals surface area contributed by atoms with E-state index in [1.807, 2.05) is 0 Å². The van der Waals surface area contributed by atoms with E-state index in [-0.39, 0.29) is 22.4 Å². The summed E-state index contributed by atoms with van der Waals surface area (Å²) >= 11 is 0. The van der Waals surface area contributed by atoms with Gasteiger partial charge in [0.1, 0.15) is 5.75 Å². The summed E-state index contributed by atoms with van der Waals surface area (Å²) in [6.07, 6.45) is 0. The van der Waals surface area contributed by atoms with Crippen molar-refractivity contribution in [2.24, 2.45) is 0 Å². The molecule has 2 aromatic rings. The molecule has 2 aromatic carbocycles. The van der Waals surface area contributed by atoms with Gasteiger partial charge in [-0.25, -0.2) is 4.79 Å². The van der Waals surface area contributed by atoms with Gasteiger partial charge in [0.2, 0.25) is 0 Å². The fraction of sp³-hybridized carbons (Fsp3) is 0.0625. The molecule has 0 atom stereocenters. The predicted octanol–water partition coefficient (Wildman–Crippen LogP) is 1.75. The average molecular weight is 299 g/mol. The Hall–Kier alpha value is -3.15. The third-order valence-corrected chi connectivity index (χ3v) is 2.92. The summed E-state index contributed by atoms with van der Waals surface area (Å²) < 4.78 is 4.57. The molecule has 22 heavy (non-hydrogen) atoms. The monoisotopic (exact) mass is 299 g/mol. The fourth-order valence-corrected chi connectivity index (χ4v) is 1.81. The van der Waals surface area contributed by atoms with E-state index in [0.717, 1.165) is 0 Å². The molecule has 0 aromatic heterocycles. The van der Waals surface area contributed by atoms with Gasteiger partial charge < -0.3 is 9.84 Å². The standard InChI is InChI=1S/C16H13NO5/c1-22-16(21)11-6-4-5-10(9-11)14(19)17-15(20)12-7-2-3-8-13(12)18/h2-9,18H,1H3,(H,17,19,20). The molecule has 2 N–H and O–H groups in total. The van der Waals surface area contributed by atoms with E-state index in [1.54, 1.807) is 12.1 Å². The number of para-hydroxylation sites is 1. The van der Waals surface area contributed by atoms with Gasteiger partial charge in [0.25, 0.3) is 11.8 Å². The van der Waals surface area contributed by atoms with Crippen molar-refractivity contribution in [1.82, 2.24) is 5.32 Å². The molecule has 6 nitrogen and oxygen atoms in total. The Labute approximate surface area is 126 Å². The first-order valence-electron chi connectivity index (χ1n) is 6.35. The summed E-state index contributed by atoms with van der Waals surface area (Å²) in [4.78, 5) is 35.4. The molecule has 2 rings (SSSR count). The number of hydrogen-bond acceptors (Lipinski definition) is 5. The second-order valence-electron chi connectivity index (χ2n) is 4.37. The summed E-state index contributed by atoms with van der Waals surface area (Å²) in [7, 11) is 1.23. The minimum Gasteiger partial charge on any atom is -0.507 e. The lowest BCUT2D eigenvalue weighted by atomic mass is 10.1. The van der Waals surface area contributed by atoms with Crippen molar-refractivity contribution < 1.29 is 24.2 Å². The Morgan fingerprint density at radius 2 is 1.64 bits per heavy atom. The van der Waals surface area contributed by atoms with Crippen LogP contribution in [0.2, 0.25) is 0 Å². The molecule has 2 amide bonds. The first kappa shape index (κ1) is 15.2. The smallest absolute Gasteiger partial charge is 0.337 e. The summed E-state index contributed by atoms with van der Waals surface area (Å²) in [6.45, 7) is 0. The number of benzene rings is 2. The van der Waals surface area contributed by atoms with Crippen molar-refractivity contribution in [1.29, 1.82) is 0 Å².